The summed E-state index contributed by atoms with van der Waals surface area (Å²) in [5.74, 6) is 0.536. The summed E-state index contributed by atoms with van der Waals surface area (Å²) in [6.07, 6.45) is 0. The summed E-state index contributed by atoms with van der Waals surface area (Å²) in [7, 11) is 0. The molecule has 1 aliphatic rings. The number of hydrogen-bond acceptors (Lipinski definition) is 2. The van der Waals surface area contributed by atoms with Gasteiger partial charge in [-0.05, 0) is 12.8 Å². The monoisotopic (exact) mass is 199 g/mol. The zero-order valence-electron chi connectivity index (χ0n) is 9.36. The van der Waals surface area contributed by atoms with E-state index in [1.54, 1.807) is 0 Å². The number of nitrogens with zero attached hydrogens (tertiary/aromatic N) is 2. The van der Waals surface area contributed by atoms with Crippen LogP contribution < -0.4 is 5.73 Å². The number of amides is 2. The Morgan fingerprint density at radius 3 is 2.14 bits per heavy atom. The van der Waals surface area contributed by atoms with Crippen molar-refractivity contribution in [3.05, 3.63) is 0 Å². The minimum atomic E-state index is 0.0675. The van der Waals surface area contributed by atoms with Gasteiger partial charge in [0.25, 0.3) is 0 Å². The van der Waals surface area contributed by atoms with Gasteiger partial charge in [-0.2, -0.15) is 0 Å². The van der Waals surface area contributed by atoms with Crippen LogP contribution in [0.25, 0.3) is 0 Å². The Balaban J connectivity index is 2.43. The first-order valence-electron chi connectivity index (χ1n) is 5.30. The lowest BCUT2D eigenvalue weighted by atomic mass is 10.2. The summed E-state index contributed by atoms with van der Waals surface area (Å²) in [4.78, 5) is 15.5. The molecule has 0 spiro atoms. The SMILES string of the molecule is CC(C)CN1CCN(CC(C)N)C1=O. The van der Waals surface area contributed by atoms with Crippen molar-refractivity contribution in [2.75, 3.05) is 26.2 Å². The summed E-state index contributed by atoms with van der Waals surface area (Å²) in [6.45, 7) is 9.39. The van der Waals surface area contributed by atoms with Gasteiger partial charge in [0.2, 0.25) is 0 Å². The van der Waals surface area contributed by atoms with Crippen LogP contribution in [0.4, 0.5) is 4.79 Å². The molecule has 0 aromatic rings. The topological polar surface area (TPSA) is 49.6 Å². The van der Waals surface area contributed by atoms with E-state index in [4.69, 9.17) is 5.73 Å². The molecule has 0 saturated carbocycles. The van der Waals surface area contributed by atoms with Crippen LogP contribution in [-0.4, -0.2) is 48.1 Å². The normalized spacial score (nSPS) is 19.6. The first-order chi connectivity index (χ1) is 6.50. The summed E-state index contributed by atoms with van der Waals surface area (Å²) in [5.41, 5.74) is 5.67. The Labute approximate surface area is 86.0 Å². The molecule has 1 fully saturated rings. The molecule has 0 aromatic carbocycles. The minimum absolute atomic E-state index is 0.0675. The van der Waals surface area contributed by atoms with Gasteiger partial charge >= 0.3 is 6.03 Å². The highest BCUT2D eigenvalue weighted by Gasteiger charge is 2.28. The fourth-order valence-electron chi connectivity index (χ4n) is 1.76. The van der Waals surface area contributed by atoms with Crippen LogP contribution in [0.2, 0.25) is 0 Å². The molecule has 82 valence electrons. The van der Waals surface area contributed by atoms with Gasteiger partial charge in [-0.3, -0.25) is 0 Å². The second-order valence-corrected chi connectivity index (χ2v) is 4.55. The van der Waals surface area contributed by atoms with Crippen LogP contribution >= 0.6 is 0 Å². The molecular formula is C10H21N3O. The number of carbonyl (C=O) groups is 1. The van der Waals surface area contributed by atoms with Crippen LogP contribution in [0.1, 0.15) is 20.8 Å². The van der Waals surface area contributed by atoms with E-state index in [-0.39, 0.29) is 12.1 Å². The van der Waals surface area contributed by atoms with Crippen molar-refractivity contribution in [1.29, 1.82) is 0 Å². The number of carbonyl (C=O) groups excluding carboxylic acids is 1. The Kier molecular flexibility index (Phi) is 3.75. The highest BCUT2D eigenvalue weighted by atomic mass is 16.2. The molecule has 0 bridgehead atoms. The minimum Gasteiger partial charge on any atom is -0.326 e. The molecule has 1 heterocycles. The van der Waals surface area contributed by atoms with Crippen molar-refractivity contribution in [2.24, 2.45) is 11.7 Å². The standard InChI is InChI=1S/C10H21N3O/c1-8(2)6-12-4-5-13(10(12)14)7-9(3)11/h8-9H,4-7,11H2,1-3H3. The smallest absolute Gasteiger partial charge is 0.320 e. The molecule has 14 heavy (non-hydrogen) atoms. The zero-order chi connectivity index (χ0) is 10.7. The second kappa shape index (κ2) is 4.64. The average molecular weight is 199 g/mol. The molecular weight excluding hydrogens is 178 g/mol. The van der Waals surface area contributed by atoms with E-state index >= 15 is 0 Å². The van der Waals surface area contributed by atoms with Gasteiger partial charge in [-0.15, -0.1) is 0 Å². The van der Waals surface area contributed by atoms with Gasteiger partial charge in [0, 0.05) is 32.2 Å². The summed E-state index contributed by atoms with van der Waals surface area (Å²) in [6, 6.07) is 0.217. The largest absolute Gasteiger partial charge is 0.326 e. The number of nitrogens with two attached hydrogens (primary N) is 1. The lowest BCUT2D eigenvalue weighted by Crippen LogP contribution is -2.39. The van der Waals surface area contributed by atoms with Gasteiger partial charge in [0.05, 0.1) is 0 Å². The molecule has 1 rings (SSSR count). The van der Waals surface area contributed by atoms with Crippen LogP contribution in [0.5, 0.6) is 0 Å². The molecule has 1 saturated heterocycles. The maximum atomic E-state index is 11.8. The Morgan fingerprint density at radius 1 is 1.21 bits per heavy atom. The Bertz CT molecular complexity index is 184. The third-order valence-corrected chi connectivity index (χ3v) is 2.27. The molecule has 1 aliphatic heterocycles. The molecule has 2 N–H and O–H groups in total. The summed E-state index contributed by atoms with van der Waals surface area (Å²) < 4.78 is 0. The van der Waals surface area contributed by atoms with Crippen LogP contribution in [0, 0.1) is 5.92 Å². The molecule has 2 amide bonds. The fourth-order valence-corrected chi connectivity index (χ4v) is 1.76. The van der Waals surface area contributed by atoms with Crippen molar-refractivity contribution in [3.8, 4) is 0 Å². The first kappa shape index (κ1) is 11.3. The predicted octanol–water partition coefficient (Wildman–Crippen LogP) is 0.727. The highest BCUT2D eigenvalue weighted by Crippen LogP contribution is 2.10. The van der Waals surface area contributed by atoms with Gasteiger partial charge < -0.3 is 15.5 Å². The van der Waals surface area contributed by atoms with Crippen LogP contribution in [0.3, 0.4) is 0 Å². The number of urea groups is 1. The molecule has 1 atom stereocenters. The van der Waals surface area contributed by atoms with Crippen molar-refractivity contribution in [2.45, 2.75) is 26.8 Å². The third kappa shape index (κ3) is 2.87. The average Bonchev–Trinajstić information content (AvgIpc) is 2.34. The van der Waals surface area contributed by atoms with Crippen molar-refractivity contribution in [1.82, 2.24) is 9.80 Å². The molecule has 0 aromatic heterocycles. The van der Waals surface area contributed by atoms with E-state index in [9.17, 15) is 4.79 Å². The molecule has 0 radical (unpaired) electrons. The number of rotatable bonds is 4. The number of hydrogen-bond donors (Lipinski definition) is 1. The lowest BCUT2D eigenvalue weighted by molar-refractivity contribution is 0.186. The maximum absolute atomic E-state index is 11.8. The second-order valence-electron chi connectivity index (χ2n) is 4.55. The van der Waals surface area contributed by atoms with E-state index < -0.39 is 0 Å². The van der Waals surface area contributed by atoms with Crippen LogP contribution in [0.15, 0.2) is 0 Å². The summed E-state index contributed by atoms with van der Waals surface area (Å²) >= 11 is 0. The van der Waals surface area contributed by atoms with Crippen molar-refractivity contribution >= 4 is 6.03 Å². The summed E-state index contributed by atoms with van der Waals surface area (Å²) in [5, 5.41) is 0. The molecule has 4 nitrogen and oxygen atoms in total. The Hall–Kier alpha value is -0.770. The van der Waals surface area contributed by atoms with E-state index in [1.165, 1.54) is 0 Å². The third-order valence-electron chi connectivity index (χ3n) is 2.27. The van der Waals surface area contributed by atoms with E-state index in [2.05, 4.69) is 13.8 Å². The van der Waals surface area contributed by atoms with Gasteiger partial charge in [-0.25, -0.2) is 4.79 Å². The van der Waals surface area contributed by atoms with Crippen molar-refractivity contribution < 1.29 is 4.79 Å². The molecule has 4 heteroatoms. The van der Waals surface area contributed by atoms with E-state index in [1.807, 2.05) is 16.7 Å². The highest BCUT2D eigenvalue weighted by molar-refractivity contribution is 5.76. The first-order valence-corrected chi connectivity index (χ1v) is 5.30. The quantitative estimate of drug-likeness (QED) is 0.725. The van der Waals surface area contributed by atoms with Gasteiger partial charge in [0.15, 0.2) is 0 Å². The van der Waals surface area contributed by atoms with Gasteiger partial charge in [0.1, 0.15) is 0 Å². The molecule has 1 unspecified atom stereocenters. The van der Waals surface area contributed by atoms with E-state index in [0.29, 0.717) is 12.5 Å². The zero-order valence-corrected chi connectivity index (χ0v) is 9.36. The maximum Gasteiger partial charge on any atom is 0.320 e. The lowest BCUT2D eigenvalue weighted by Gasteiger charge is -2.21. The van der Waals surface area contributed by atoms with E-state index in [0.717, 1.165) is 19.6 Å². The van der Waals surface area contributed by atoms with Crippen molar-refractivity contribution in [3.63, 3.8) is 0 Å². The van der Waals surface area contributed by atoms with Crippen LogP contribution in [-0.2, 0) is 0 Å². The van der Waals surface area contributed by atoms with Gasteiger partial charge in [-0.1, -0.05) is 13.8 Å². The Morgan fingerprint density at radius 2 is 1.71 bits per heavy atom. The predicted molar refractivity (Wildman–Crippen MR) is 57.0 cm³/mol. The molecule has 0 aliphatic carbocycles. The fraction of sp³-hybridized carbons (Fsp3) is 0.900.